The summed E-state index contributed by atoms with van der Waals surface area (Å²) in [5, 5.41) is 9.61. The van der Waals surface area contributed by atoms with Crippen molar-refractivity contribution in [3.63, 3.8) is 0 Å². The van der Waals surface area contributed by atoms with Gasteiger partial charge >= 0.3 is 0 Å². The highest BCUT2D eigenvalue weighted by Crippen LogP contribution is 2.23. The summed E-state index contributed by atoms with van der Waals surface area (Å²) in [5.74, 6) is 0. The van der Waals surface area contributed by atoms with Crippen molar-refractivity contribution >= 4 is 15.9 Å². The van der Waals surface area contributed by atoms with Gasteiger partial charge in [-0.1, -0.05) is 28.1 Å². The van der Waals surface area contributed by atoms with Gasteiger partial charge in [-0.15, -0.1) is 0 Å². The van der Waals surface area contributed by atoms with Crippen LogP contribution in [0, 0.1) is 0 Å². The summed E-state index contributed by atoms with van der Waals surface area (Å²) in [6.07, 6.45) is 0.727. The molecule has 4 nitrogen and oxygen atoms in total. The second-order valence-electron chi connectivity index (χ2n) is 4.69. The number of aliphatic hydroxyl groups excluding tert-OH is 1. The standard InChI is InChI=1S/C14H20BrNO3/c1-16(6-5-14-18-7-8-19-14)13(10-17)11-3-2-4-12(15)9-11/h2-4,9,13-14,17H,5-8,10H2,1H3. The van der Waals surface area contributed by atoms with Crippen LogP contribution in [0.15, 0.2) is 28.7 Å². The zero-order valence-corrected chi connectivity index (χ0v) is 12.7. The molecular weight excluding hydrogens is 310 g/mol. The molecule has 1 aliphatic rings. The molecule has 0 saturated carbocycles. The maximum atomic E-state index is 9.61. The number of hydrogen-bond donors (Lipinski definition) is 1. The predicted octanol–water partition coefficient (Wildman–Crippen LogP) is 2.18. The van der Waals surface area contributed by atoms with E-state index in [1.165, 1.54) is 0 Å². The Morgan fingerprint density at radius 3 is 2.79 bits per heavy atom. The van der Waals surface area contributed by atoms with E-state index in [4.69, 9.17) is 9.47 Å². The number of ether oxygens (including phenoxy) is 2. The zero-order valence-electron chi connectivity index (χ0n) is 11.1. The molecule has 1 aromatic carbocycles. The first-order valence-electron chi connectivity index (χ1n) is 6.50. The predicted molar refractivity (Wildman–Crippen MR) is 76.9 cm³/mol. The summed E-state index contributed by atoms with van der Waals surface area (Å²) < 4.78 is 11.9. The first-order valence-corrected chi connectivity index (χ1v) is 7.30. The number of halogens is 1. The molecule has 1 unspecified atom stereocenters. The van der Waals surface area contributed by atoms with Gasteiger partial charge in [0.05, 0.1) is 25.9 Å². The average Bonchev–Trinajstić information content (AvgIpc) is 2.90. The number of benzene rings is 1. The van der Waals surface area contributed by atoms with Crippen LogP contribution >= 0.6 is 15.9 Å². The third-order valence-corrected chi connectivity index (χ3v) is 3.84. The number of nitrogens with zero attached hydrogens (tertiary/aromatic N) is 1. The van der Waals surface area contributed by atoms with Crippen LogP contribution < -0.4 is 0 Å². The van der Waals surface area contributed by atoms with E-state index in [2.05, 4.69) is 20.8 Å². The van der Waals surface area contributed by atoms with Crippen molar-refractivity contribution in [1.29, 1.82) is 0 Å². The lowest BCUT2D eigenvalue weighted by molar-refractivity contribution is -0.0531. The molecule has 1 aromatic rings. The number of aliphatic hydroxyl groups is 1. The van der Waals surface area contributed by atoms with Gasteiger partial charge in [-0.2, -0.15) is 0 Å². The van der Waals surface area contributed by atoms with Crippen molar-refractivity contribution in [2.75, 3.05) is 33.4 Å². The van der Waals surface area contributed by atoms with Crippen LogP contribution in [0.5, 0.6) is 0 Å². The molecule has 0 bridgehead atoms. The third kappa shape index (κ3) is 4.26. The summed E-state index contributed by atoms with van der Waals surface area (Å²) in [6.45, 7) is 2.29. The highest BCUT2D eigenvalue weighted by atomic mass is 79.9. The monoisotopic (exact) mass is 329 g/mol. The van der Waals surface area contributed by atoms with Gasteiger partial charge in [0.15, 0.2) is 6.29 Å². The van der Waals surface area contributed by atoms with Crippen molar-refractivity contribution in [2.24, 2.45) is 0 Å². The third-order valence-electron chi connectivity index (χ3n) is 3.35. The van der Waals surface area contributed by atoms with Crippen LogP contribution in [0.25, 0.3) is 0 Å². The van der Waals surface area contributed by atoms with E-state index >= 15 is 0 Å². The minimum absolute atomic E-state index is 0.00102. The maximum Gasteiger partial charge on any atom is 0.159 e. The minimum Gasteiger partial charge on any atom is -0.394 e. The molecule has 1 N–H and O–H groups in total. The molecule has 1 aliphatic heterocycles. The van der Waals surface area contributed by atoms with Gasteiger partial charge in [0.1, 0.15) is 0 Å². The highest BCUT2D eigenvalue weighted by Gasteiger charge is 2.20. The van der Waals surface area contributed by atoms with E-state index in [1.807, 2.05) is 31.3 Å². The summed E-state index contributed by atoms with van der Waals surface area (Å²) in [6, 6.07) is 8.04. The number of likely N-dealkylation sites (N-methyl/N-ethyl adjacent to an activating group) is 1. The normalized spacial score (nSPS) is 18.1. The fourth-order valence-corrected chi connectivity index (χ4v) is 2.67. The molecule has 0 aromatic heterocycles. The van der Waals surface area contributed by atoms with Gasteiger partial charge in [0, 0.05) is 17.4 Å². The minimum atomic E-state index is -0.0932. The molecule has 2 rings (SSSR count). The first-order chi connectivity index (χ1) is 9.20. The second-order valence-corrected chi connectivity index (χ2v) is 5.61. The average molecular weight is 330 g/mol. The summed E-state index contributed by atoms with van der Waals surface area (Å²) in [5.41, 5.74) is 1.10. The SMILES string of the molecule is CN(CCC1OCCO1)C(CO)c1cccc(Br)c1. The van der Waals surface area contributed by atoms with Crippen LogP contribution in [0.2, 0.25) is 0 Å². The second kappa shape index (κ2) is 7.36. The van der Waals surface area contributed by atoms with E-state index in [0.717, 1.165) is 23.0 Å². The quantitative estimate of drug-likeness (QED) is 0.868. The summed E-state index contributed by atoms with van der Waals surface area (Å²) in [4.78, 5) is 2.13. The van der Waals surface area contributed by atoms with Crippen molar-refractivity contribution in [3.05, 3.63) is 34.3 Å². The molecule has 0 amide bonds. The topological polar surface area (TPSA) is 41.9 Å². The number of hydrogen-bond acceptors (Lipinski definition) is 4. The van der Waals surface area contributed by atoms with Gasteiger partial charge in [0.2, 0.25) is 0 Å². The molecule has 0 aliphatic carbocycles. The zero-order chi connectivity index (χ0) is 13.7. The molecule has 1 saturated heterocycles. The lowest BCUT2D eigenvalue weighted by Gasteiger charge is -2.27. The highest BCUT2D eigenvalue weighted by molar-refractivity contribution is 9.10. The van der Waals surface area contributed by atoms with Gasteiger partial charge in [-0.3, -0.25) is 4.90 Å². The molecule has 106 valence electrons. The molecular formula is C14H20BrNO3. The van der Waals surface area contributed by atoms with Crippen molar-refractivity contribution in [2.45, 2.75) is 18.8 Å². The van der Waals surface area contributed by atoms with E-state index in [9.17, 15) is 5.11 Å². The van der Waals surface area contributed by atoms with Crippen LogP contribution in [0.4, 0.5) is 0 Å². The fraction of sp³-hybridized carbons (Fsp3) is 0.571. The molecule has 5 heteroatoms. The summed E-state index contributed by atoms with van der Waals surface area (Å²) in [7, 11) is 2.01. The Bertz CT molecular complexity index is 396. The maximum absolute atomic E-state index is 9.61. The van der Waals surface area contributed by atoms with Crippen molar-refractivity contribution in [3.8, 4) is 0 Å². The lowest BCUT2D eigenvalue weighted by atomic mass is 10.1. The number of rotatable bonds is 6. The Morgan fingerprint density at radius 1 is 1.42 bits per heavy atom. The summed E-state index contributed by atoms with van der Waals surface area (Å²) >= 11 is 3.46. The first kappa shape index (κ1) is 14.9. The largest absolute Gasteiger partial charge is 0.394 e. The van der Waals surface area contributed by atoms with Crippen LogP contribution in [-0.4, -0.2) is 49.7 Å². The van der Waals surface area contributed by atoms with Gasteiger partial charge in [-0.25, -0.2) is 0 Å². The molecule has 1 atom stereocenters. The Balaban J connectivity index is 1.92. The Hall–Kier alpha value is -0.460. The molecule has 1 fully saturated rings. The fourth-order valence-electron chi connectivity index (χ4n) is 2.25. The molecule has 0 spiro atoms. The smallest absolute Gasteiger partial charge is 0.159 e. The molecule has 19 heavy (non-hydrogen) atoms. The Labute approximate surface area is 122 Å². The van der Waals surface area contributed by atoms with Crippen LogP contribution in [0.3, 0.4) is 0 Å². The Morgan fingerprint density at radius 2 is 2.16 bits per heavy atom. The van der Waals surface area contributed by atoms with E-state index < -0.39 is 0 Å². The van der Waals surface area contributed by atoms with Crippen LogP contribution in [-0.2, 0) is 9.47 Å². The van der Waals surface area contributed by atoms with Gasteiger partial charge < -0.3 is 14.6 Å². The van der Waals surface area contributed by atoms with Crippen LogP contribution in [0.1, 0.15) is 18.0 Å². The van der Waals surface area contributed by atoms with Gasteiger partial charge in [0.25, 0.3) is 0 Å². The van der Waals surface area contributed by atoms with E-state index in [-0.39, 0.29) is 18.9 Å². The Kier molecular flexibility index (Phi) is 5.78. The molecule has 0 radical (unpaired) electrons. The molecule has 1 heterocycles. The van der Waals surface area contributed by atoms with E-state index in [0.29, 0.717) is 13.2 Å². The van der Waals surface area contributed by atoms with Gasteiger partial charge in [-0.05, 0) is 24.7 Å². The van der Waals surface area contributed by atoms with Crippen molar-refractivity contribution in [1.82, 2.24) is 4.90 Å². The van der Waals surface area contributed by atoms with E-state index in [1.54, 1.807) is 0 Å². The van der Waals surface area contributed by atoms with Crippen molar-refractivity contribution < 1.29 is 14.6 Å². The lowest BCUT2D eigenvalue weighted by Crippen LogP contribution is -2.30.